The van der Waals surface area contributed by atoms with Crippen LogP contribution in [0.3, 0.4) is 0 Å². The zero-order valence-corrected chi connectivity index (χ0v) is 8.16. The Bertz CT molecular complexity index is 635. The Morgan fingerprint density at radius 2 is 2.20 bits per heavy atom. The van der Waals surface area contributed by atoms with Crippen molar-refractivity contribution in [1.29, 1.82) is 5.26 Å². The molecule has 0 radical (unpaired) electrons. The molecule has 2 rings (SSSR count). The molecule has 0 atom stereocenters. The lowest BCUT2D eigenvalue weighted by Crippen LogP contribution is -2.12. The Kier molecular flexibility index (Phi) is 1.94. The summed E-state index contributed by atoms with van der Waals surface area (Å²) in [6, 6.07) is 7.24. The number of hydrogen-bond acceptors (Lipinski definition) is 3. The molecule has 0 unspecified atom stereocenters. The van der Waals surface area contributed by atoms with Gasteiger partial charge in [0.2, 0.25) is 5.43 Å². The highest BCUT2D eigenvalue weighted by Gasteiger charge is 2.10. The average Bonchev–Trinajstić information content (AvgIpc) is 2.17. The van der Waals surface area contributed by atoms with Crippen LogP contribution in [0.1, 0.15) is 11.1 Å². The lowest BCUT2D eigenvalue weighted by atomic mass is 10.1. The van der Waals surface area contributed by atoms with Gasteiger partial charge in [-0.2, -0.15) is 5.26 Å². The van der Waals surface area contributed by atoms with Crippen molar-refractivity contribution in [2.45, 2.75) is 6.92 Å². The molecule has 0 saturated heterocycles. The van der Waals surface area contributed by atoms with E-state index in [9.17, 15) is 4.79 Å². The second kappa shape index (κ2) is 3.14. The van der Waals surface area contributed by atoms with Gasteiger partial charge in [-0.05, 0) is 18.6 Å². The fourth-order valence-corrected chi connectivity index (χ4v) is 1.64. The highest BCUT2D eigenvalue weighted by molar-refractivity contribution is 5.85. The third kappa shape index (κ3) is 1.25. The van der Waals surface area contributed by atoms with Crippen molar-refractivity contribution in [2.75, 3.05) is 5.73 Å². The van der Waals surface area contributed by atoms with Crippen LogP contribution < -0.4 is 11.2 Å². The van der Waals surface area contributed by atoms with E-state index in [-0.39, 0.29) is 16.8 Å². The van der Waals surface area contributed by atoms with E-state index in [1.807, 2.05) is 25.1 Å². The molecule has 1 aromatic carbocycles. The van der Waals surface area contributed by atoms with Gasteiger partial charge in [0.15, 0.2) is 0 Å². The molecule has 4 heteroatoms. The Labute approximate surface area is 86.0 Å². The zero-order chi connectivity index (χ0) is 11.0. The van der Waals surface area contributed by atoms with E-state index in [2.05, 4.69) is 4.98 Å². The van der Waals surface area contributed by atoms with Crippen molar-refractivity contribution >= 4 is 16.7 Å². The Morgan fingerprint density at radius 1 is 1.47 bits per heavy atom. The number of nitriles is 1. The number of H-pyrrole nitrogens is 1. The highest BCUT2D eigenvalue weighted by atomic mass is 16.1. The summed E-state index contributed by atoms with van der Waals surface area (Å²) in [6.45, 7) is 1.83. The molecule has 4 nitrogen and oxygen atoms in total. The van der Waals surface area contributed by atoms with Gasteiger partial charge in [-0.15, -0.1) is 0 Å². The van der Waals surface area contributed by atoms with Crippen molar-refractivity contribution in [1.82, 2.24) is 4.98 Å². The number of aryl methyl sites for hydroxylation is 1. The minimum Gasteiger partial charge on any atom is -0.384 e. The number of nitrogens with zero attached hydrogens (tertiary/aromatic N) is 1. The van der Waals surface area contributed by atoms with E-state index >= 15 is 0 Å². The molecule has 1 aromatic heterocycles. The predicted octanol–water partition coefficient (Wildman–Crippen LogP) is 1.29. The van der Waals surface area contributed by atoms with Crippen LogP contribution in [0, 0.1) is 18.3 Å². The first kappa shape index (κ1) is 9.28. The van der Waals surface area contributed by atoms with Crippen molar-refractivity contribution in [2.24, 2.45) is 0 Å². The number of anilines is 1. The molecule has 0 fully saturated rings. The molecule has 2 aromatic rings. The fraction of sp³-hybridized carbons (Fsp3) is 0.0909. The topological polar surface area (TPSA) is 82.7 Å². The standard InChI is InChI=1S/C11H9N3O/c1-6-3-2-4-8-9(6)10(15)7(5-12)11(13)14-8/h2-4H,1H3,(H3,13,14,15). The maximum absolute atomic E-state index is 11.9. The number of nitrogens with one attached hydrogen (secondary N) is 1. The number of nitrogen functional groups attached to an aromatic ring is 1. The summed E-state index contributed by atoms with van der Waals surface area (Å²) < 4.78 is 0. The lowest BCUT2D eigenvalue weighted by molar-refractivity contribution is 1.34. The number of nitrogens with two attached hydrogens (primary N) is 1. The number of pyridine rings is 1. The van der Waals surface area contributed by atoms with Crippen LogP contribution >= 0.6 is 0 Å². The third-order valence-corrected chi connectivity index (χ3v) is 2.38. The van der Waals surface area contributed by atoms with Crippen LogP contribution in [-0.4, -0.2) is 4.98 Å². The first-order valence-electron chi connectivity index (χ1n) is 4.46. The maximum atomic E-state index is 11.9. The van der Waals surface area contributed by atoms with E-state index in [0.29, 0.717) is 10.9 Å². The molecule has 3 N–H and O–H groups in total. The van der Waals surface area contributed by atoms with E-state index in [4.69, 9.17) is 11.0 Å². The van der Waals surface area contributed by atoms with Gasteiger partial charge in [-0.3, -0.25) is 4.79 Å². The quantitative estimate of drug-likeness (QED) is 0.670. The number of fused-ring (bicyclic) bond motifs is 1. The normalized spacial score (nSPS) is 10.1. The summed E-state index contributed by atoms with van der Waals surface area (Å²) in [5.74, 6) is 0.126. The smallest absolute Gasteiger partial charge is 0.209 e. The predicted molar refractivity (Wildman–Crippen MR) is 58.4 cm³/mol. The van der Waals surface area contributed by atoms with Crippen LogP contribution in [0.2, 0.25) is 0 Å². The molecule has 0 saturated carbocycles. The Hall–Kier alpha value is -2.28. The van der Waals surface area contributed by atoms with Crippen LogP contribution in [0.25, 0.3) is 10.9 Å². The Balaban J connectivity index is 3.08. The van der Waals surface area contributed by atoms with Crippen molar-refractivity contribution in [3.05, 3.63) is 39.5 Å². The van der Waals surface area contributed by atoms with E-state index < -0.39 is 0 Å². The monoisotopic (exact) mass is 199 g/mol. The molecule has 74 valence electrons. The van der Waals surface area contributed by atoms with Crippen LogP contribution in [0.5, 0.6) is 0 Å². The largest absolute Gasteiger partial charge is 0.384 e. The molecule has 0 aliphatic carbocycles. The van der Waals surface area contributed by atoms with Gasteiger partial charge in [0.1, 0.15) is 17.5 Å². The van der Waals surface area contributed by atoms with Crippen molar-refractivity contribution < 1.29 is 0 Å². The molecule has 15 heavy (non-hydrogen) atoms. The lowest BCUT2D eigenvalue weighted by Gasteiger charge is -2.04. The summed E-state index contributed by atoms with van der Waals surface area (Å²) >= 11 is 0. The maximum Gasteiger partial charge on any atom is 0.209 e. The number of benzene rings is 1. The minimum atomic E-state index is -0.304. The first-order chi connectivity index (χ1) is 7.15. The summed E-state index contributed by atoms with van der Waals surface area (Å²) in [6.07, 6.45) is 0. The van der Waals surface area contributed by atoms with Gasteiger partial charge in [-0.1, -0.05) is 12.1 Å². The summed E-state index contributed by atoms with van der Waals surface area (Å²) in [4.78, 5) is 14.7. The Morgan fingerprint density at radius 3 is 2.87 bits per heavy atom. The zero-order valence-electron chi connectivity index (χ0n) is 8.16. The van der Waals surface area contributed by atoms with Gasteiger partial charge in [0, 0.05) is 5.39 Å². The average molecular weight is 199 g/mol. The summed E-state index contributed by atoms with van der Waals surface area (Å²) in [7, 11) is 0. The van der Waals surface area contributed by atoms with E-state index in [1.165, 1.54) is 0 Å². The summed E-state index contributed by atoms with van der Waals surface area (Å²) in [5.41, 5.74) is 6.75. The second-order valence-corrected chi connectivity index (χ2v) is 3.35. The van der Waals surface area contributed by atoms with Crippen LogP contribution in [-0.2, 0) is 0 Å². The molecule has 1 heterocycles. The molecule has 0 aliphatic heterocycles. The molecule has 0 aliphatic rings. The van der Waals surface area contributed by atoms with E-state index in [1.54, 1.807) is 6.07 Å². The summed E-state index contributed by atoms with van der Waals surface area (Å²) in [5, 5.41) is 9.33. The van der Waals surface area contributed by atoms with Crippen LogP contribution in [0.4, 0.5) is 5.82 Å². The number of aromatic nitrogens is 1. The number of aromatic amines is 1. The fourth-order valence-electron chi connectivity index (χ4n) is 1.64. The van der Waals surface area contributed by atoms with Crippen LogP contribution in [0.15, 0.2) is 23.0 Å². The SMILES string of the molecule is Cc1cccc2[nH]c(N)c(C#N)c(=O)c12. The molecular weight excluding hydrogens is 190 g/mol. The van der Waals surface area contributed by atoms with Gasteiger partial charge >= 0.3 is 0 Å². The molecular formula is C11H9N3O. The van der Waals surface area contributed by atoms with Crippen molar-refractivity contribution in [3.63, 3.8) is 0 Å². The van der Waals surface area contributed by atoms with Gasteiger partial charge in [0.05, 0.1) is 5.52 Å². The first-order valence-corrected chi connectivity index (χ1v) is 4.46. The van der Waals surface area contributed by atoms with Gasteiger partial charge < -0.3 is 10.7 Å². The van der Waals surface area contributed by atoms with E-state index in [0.717, 1.165) is 5.56 Å². The number of hydrogen-bond donors (Lipinski definition) is 2. The molecule has 0 bridgehead atoms. The third-order valence-electron chi connectivity index (χ3n) is 2.38. The highest BCUT2D eigenvalue weighted by Crippen LogP contribution is 2.15. The van der Waals surface area contributed by atoms with Gasteiger partial charge in [0.25, 0.3) is 0 Å². The number of rotatable bonds is 0. The molecule has 0 spiro atoms. The van der Waals surface area contributed by atoms with Gasteiger partial charge in [-0.25, -0.2) is 0 Å². The minimum absolute atomic E-state index is 0.0169. The van der Waals surface area contributed by atoms with Crippen molar-refractivity contribution in [3.8, 4) is 6.07 Å². The second-order valence-electron chi connectivity index (χ2n) is 3.35. The molecule has 0 amide bonds.